The molecule has 3 rings (SSSR count). The van der Waals surface area contributed by atoms with E-state index < -0.39 is 11.7 Å². The van der Waals surface area contributed by atoms with Crippen LogP contribution in [0, 0.1) is 0 Å². The normalized spacial score (nSPS) is 11.7. The monoisotopic (exact) mass is 373 g/mol. The SMILES string of the molecule is FC(F)(F)c1ccc(N/N=C\c2ccc(Sc3ccccc3)cc2)nc1. The number of hydrogen-bond donors (Lipinski definition) is 1. The molecule has 0 aliphatic rings. The molecule has 3 nitrogen and oxygen atoms in total. The third-order valence-electron chi connectivity index (χ3n) is 3.34. The Morgan fingerprint density at radius 3 is 2.19 bits per heavy atom. The van der Waals surface area contributed by atoms with Gasteiger partial charge >= 0.3 is 6.18 Å². The van der Waals surface area contributed by atoms with Crippen molar-refractivity contribution in [2.75, 3.05) is 5.43 Å². The van der Waals surface area contributed by atoms with Crippen LogP contribution in [0.15, 0.2) is 87.8 Å². The van der Waals surface area contributed by atoms with E-state index in [9.17, 15) is 13.2 Å². The first-order valence-electron chi connectivity index (χ1n) is 7.66. The number of benzene rings is 2. The molecule has 0 atom stereocenters. The van der Waals surface area contributed by atoms with Gasteiger partial charge in [0.2, 0.25) is 0 Å². The number of pyridine rings is 1. The van der Waals surface area contributed by atoms with Crippen molar-refractivity contribution >= 4 is 23.8 Å². The molecule has 2 aromatic carbocycles. The van der Waals surface area contributed by atoms with Crippen molar-refractivity contribution in [3.05, 3.63) is 84.1 Å². The highest BCUT2D eigenvalue weighted by molar-refractivity contribution is 7.99. The molecule has 0 saturated heterocycles. The van der Waals surface area contributed by atoms with Gasteiger partial charge in [0.25, 0.3) is 0 Å². The Morgan fingerprint density at radius 1 is 0.885 bits per heavy atom. The molecule has 0 spiro atoms. The van der Waals surface area contributed by atoms with Gasteiger partial charge in [-0.2, -0.15) is 18.3 Å². The topological polar surface area (TPSA) is 37.3 Å². The molecule has 26 heavy (non-hydrogen) atoms. The fourth-order valence-electron chi connectivity index (χ4n) is 2.05. The quantitative estimate of drug-likeness (QED) is 0.461. The molecular formula is C19H14F3N3S. The first-order chi connectivity index (χ1) is 12.5. The summed E-state index contributed by atoms with van der Waals surface area (Å²) in [4.78, 5) is 5.95. The van der Waals surface area contributed by atoms with Crippen molar-refractivity contribution in [2.45, 2.75) is 16.0 Å². The molecule has 0 unspecified atom stereocenters. The number of hydrogen-bond acceptors (Lipinski definition) is 4. The van der Waals surface area contributed by atoms with Crippen LogP contribution in [0.4, 0.5) is 19.0 Å². The van der Waals surface area contributed by atoms with Crippen molar-refractivity contribution < 1.29 is 13.2 Å². The molecule has 0 radical (unpaired) electrons. The van der Waals surface area contributed by atoms with Crippen molar-refractivity contribution in [2.24, 2.45) is 5.10 Å². The second-order valence-electron chi connectivity index (χ2n) is 5.28. The summed E-state index contributed by atoms with van der Waals surface area (Å²) in [5, 5.41) is 3.99. The van der Waals surface area contributed by atoms with Crippen molar-refractivity contribution in [1.29, 1.82) is 0 Å². The van der Waals surface area contributed by atoms with E-state index in [1.165, 1.54) is 6.07 Å². The van der Waals surface area contributed by atoms with Gasteiger partial charge in [-0.25, -0.2) is 4.98 Å². The maximum Gasteiger partial charge on any atom is 0.417 e. The van der Waals surface area contributed by atoms with E-state index in [0.717, 1.165) is 27.6 Å². The van der Waals surface area contributed by atoms with Gasteiger partial charge < -0.3 is 0 Å². The zero-order valence-corrected chi connectivity index (χ0v) is 14.3. The summed E-state index contributed by atoms with van der Waals surface area (Å²) in [6, 6.07) is 20.0. The molecule has 0 aliphatic heterocycles. The second kappa shape index (κ2) is 8.05. The number of rotatable bonds is 5. The summed E-state index contributed by atoms with van der Waals surface area (Å²) >= 11 is 1.66. The molecule has 1 aromatic heterocycles. The minimum absolute atomic E-state index is 0.241. The predicted octanol–water partition coefficient (Wildman–Crippen LogP) is 5.70. The highest BCUT2D eigenvalue weighted by atomic mass is 32.2. The largest absolute Gasteiger partial charge is 0.417 e. The van der Waals surface area contributed by atoms with Crippen LogP contribution in [0.1, 0.15) is 11.1 Å². The molecule has 1 heterocycles. The Kier molecular flexibility index (Phi) is 5.58. The van der Waals surface area contributed by atoms with Crippen LogP contribution in [0.25, 0.3) is 0 Å². The van der Waals surface area contributed by atoms with Gasteiger partial charge in [0.1, 0.15) is 5.82 Å². The predicted molar refractivity (Wildman–Crippen MR) is 97.5 cm³/mol. The van der Waals surface area contributed by atoms with E-state index in [0.29, 0.717) is 0 Å². The van der Waals surface area contributed by atoms with Gasteiger partial charge in [0.15, 0.2) is 0 Å². The smallest absolute Gasteiger partial charge is 0.261 e. The minimum Gasteiger partial charge on any atom is -0.261 e. The lowest BCUT2D eigenvalue weighted by molar-refractivity contribution is -0.137. The van der Waals surface area contributed by atoms with Crippen LogP contribution in [-0.4, -0.2) is 11.2 Å². The molecule has 3 aromatic rings. The lowest BCUT2D eigenvalue weighted by Gasteiger charge is -2.06. The number of alkyl halides is 3. The summed E-state index contributed by atoms with van der Waals surface area (Å²) in [5.74, 6) is 0.241. The molecular weight excluding hydrogens is 359 g/mol. The zero-order chi connectivity index (χ0) is 18.4. The third-order valence-corrected chi connectivity index (χ3v) is 4.36. The van der Waals surface area contributed by atoms with Crippen LogP contribution in [0.3, 0.4) is 0 Å². The number of aromatic nitrogens is 1. The molecule has 132 valence electrons. The number of nitrogens with zero attached hydrogens (tertiary/aromatic N) is 2. The van der Waals surface area contributed by atoms with Gasteiger partial charge in [-0.3, -0.25) is 5.43 Å². The standard InChI is InChI=1S/C19H14F3N3S/c20-19(21,22)15-8-11-18(23-13-15)25-24-12-14-6-9-17(10-7-14)26-16-4-2-1-3-5-16/h1-13H,(H,23,25)/b24-12-. The Morgan fingerprint density at radius 2 is 1.58 bits per heavy atom. The van der Waals surface area contributed by atoms with E-state index in [2.05, 4.69) is 15.5 Å². The molecule has 0 aliphatic carbocycles. The summed E-state index contributed by atoms with van der Waals surface area (Å²) in [5.41, 5.74) is 2.68. The highest BCUT2D eigenvalue weighted by Crippen LogP contribution is 2.29. The fraction of sp³-hybridized carbons (Fsp3) is 0.0526. The average molecular weight is 373 g/mol. The lowest BCUT2D eigenvalue weighted by Crippen LogP contribution is -2.05. The number of halogens is 3. The first-order valence-corrected chi connectivity index (χ1v) is 8.48. The summed E-state index contributed by atoms with van der Waals surface area (Å²) in [6.45, 7) is 0. The van der Waals surface area contributed by atoms with Gasteiger partial charge in [0, 0.05) is 16.0 Å². The van der Waals surface area contributed by atoms with Gasteiger partial charge in [-0.1, -0.05) is 42.1 Å². The van der Waals surface area contributed by atoms with Crippen LogP contribution in [0.5, 0.6) is 0 Å². The van der Waals surface area contributed by atoms with E-state index >= 15 is 0 Å². The Hall–Kier alpha value is -2.80. The second-order valence-corrected chi connectivity index (χ2v) is 6.43. The molecule has 0 fully saturated rings. The summed E-state index contributed by atoms with van der Waals surface area (Å²) < 4.78 is 37.4. The van der Waals surface area contributed by atoms with Crippen LogP contribution in [-0.2, 0) is 6.18 Å². The maximum absolute atomic E-state index is 12.5. The summed E-state index contributed by atoms with van der Waals surface area (Å²) in [7, 11) is 0. The zero-order valence-electron chi connectivity index (χ0n) is 13.4. The highest BCUT2D eigenvalue weighted by Gasteiger charge is 2.30. The van der Waals surface area contributed by atoms with E-state index in [-0.39, 0.29) is 5.82 Å². The molecule has 0 saturated carbocycles. The number of nitrogens with one attached hydrogen (secondary N) is 1. The fourth-order valence-corrected chi connectivity index (χ4v) is 2.88. The van der Waals surface area contributed by atoms with E-state index in [4.69, 9.17) is 0 Å². The van der Waals surface area contributed by atoms with Crippen molar-refractivity contribution in [1.82, 2.24) is 4.98 Å². The minimum atomic E-state index is -4.39. The Bertz CT molecular complexity index is 861. The Balaban J connectivity index is 1.57. The van der Waals surface area contributed by atoms with Crippen LogP contribution < -0.4 is 5.43 Å². The van der Waals surface area contributed by atoms with Crippen LogP contribution >= 0.6 is 11.8 Å². The van der Waals surface area contributed by atoms with E-state index in [1.807, 2.05) is 54.6 Å². The number of hydrazone groups is 1. The maximum atomic E-state index is 12.5. The molecule has 7 heteroatoms. The van der Waals surface area contributed by atoms with Gasteiger partial charge in [-0.05, 0) is 42.0 Å². The van der Waals surface area contributed by atoms with Crippen molar-refractivity contribution in [3.63, 3.8) is 0 Å². The molecule has 0 amide bonds. The average Bonchev–Trinajstić information content (AvgIpc) is 2.64. The number of anilines is 1. The van der Waals surface area contributed by atoms with E-state index in [1.54, 1.807) is 18.0 Å². The molecule has 0 bridgehead atoms. The molecule has 1 N–H and O–H groups in total. The van der Waals surface area contributed by atoms with Gasteiger partial charge in [0.05, 0.1) is 11.8 Å². The third kappa shape index (κ3) is 5.10. The van der Waals surface area contributed by atoms with Gasteiger partial charge in [-0.15, -0.1) is 0 Å². The van der Waals surface area contributed by atoms with Crippen molar-refractivity contribution in [3.8, 4) is 0 Å². The lowest BCUT2D eigenvalue weighted by atomic mass is 10.2. The Labute approximate surface area is 153 Å². The van der Waals surface area contributed by atoms with Crippen LogP contribution in [0.2, 0.25) is 0 Å². The first kappa shape index (κ1) is 18.0. The summed E-state index contributed by atoms with van der Waals surface area (Å²) in [6.07, 6.45) is -2.04.